The lowest BCUT2D eigenvalue weighted by atomic mass is 9.83. The molecule has 116 valence electrons. The summed E-state index contributed by atoms with van der Waals surface area (Å²) in [6.07, 6.45) is 2.99. The van der Waals surface area contributed by atoms with Crippen molar-refractivity contribution in [3.63, 3.8) is 0 Å². The molecule has 1 atom stereocenters. The third kappa shape index (κ3) is 2.84. The van der Waals surface area contributed by atoms with E-state index < -0.39 is 0 Å². The van der Waals surface area contributed by atoms with Gasteiger partial charge in [0.1, 0.15) is 0 Å². The van der Waals surface area contributed by atoms with Gasteiger partial charge >= 0.3 is 0 Å². The first-order chi connectivity index (χ1) is 10.5. The fourth-order valence-electron chi connectivity index (χ4n) is 3.08. The van der Waals surface area contributed by atoms with Crippen LogP contribution in [0.5, 0.6) is 0 Å². The quantitative estimate of drug-likeness (QED) is 0.946. The first-order valence-electron chi connectivity index (χ1n) is 7.57. The van der Waals surface area contributed by atoms with Gasteiger partial charge in [-0.05, 0) is 36.5 Å². The normalized spacial score (nSPS) is 17.0. The molecule has 1 amide bonds. The van der Waals surface area contributed by atoms with Gasteiger partial charge in [-0.25, -0.2) is 0 Å². The van der Waals surface area contributed by atoms with Gasteiger partial charge in [-0.15, -0.1) is 0 Å². The molecule has 1 aromatic carbocycles. The van der Waals surface area contributed by atoms with E-state index in [1.165, 1.54) is 18.1 Å². The summed E-state index contributed by atoms with van der Waals surface area (Å²) in [5.74, 6) is 1.29. The molecular weight excluding hydrogens is 278 g/mol. The number of aromatic nitrogens is 1. The van der Waals surface area contributed by atoms with Gasteiger partial charge < -0.3 is 14.7 Å². The summed E-state index contributed by atoms with van der Waals surface area (Å²) in [5, 5.41) is 7.03. The Hall–Kier alpha value is -2.30. The lowest BCUT2D eigenvalue weighted by Crippen LogP contribution is -2.15. The van der Waals surface area contributed by atoms with Crippen LogP contribution >= 0.6 is 0 Å². The minimum Gasteiger partial charge on any atom is -0.347 e. The van der Waals surface area contributed by atoms with Gasteiger partial charge in [-0.1, -0.05) is 17.3 Å². The van der Waals surface area contributed by atoms with E-state index in [1.54, 1.807) is 0 Å². The van der Waals surface area contributed by atoms with Crippen molar-refractivity contribution < 1.29 is 9.32 Å². The van der Waals surface area contributed by atoms with Crippen LogP contribution in [0, 0.1) is 0 Å². The van der Waals surface area contributed by atoms with E-state index in [0.29, 0.717) is 5.92 Å². The third-order valence-electron chi connectivity index (χ3n) is 4.14. The van der Waals surface area contributed by atoms with Crippen molar-refractivity contribution in [2.75, 3.05) is 24.3 Å². The molecule has 2 aromatic rings. The number of hydrogen-bond donors (Lipinski definition) is 1. The standard InChI is InChI=1S/C17H21N3O2/c1-11(21)18-14-7-4-12(5-8-14)13-6-9-15-16(10-13)19-22-17(15)20(2)3/h4-5,7-8,13H,6,9-10H2,1-3H3,(H,18,21). The van der Waals surface area contributed by atoms with Crippen LogP contribution in [0.3, 0.4) is 0 Å². The number of benzene rings is 1. The lowest BCUT2D eigenvalue weighted by molar-refractivity contribution is -0.114. The zero-order valence-electron chi connectivity index (χ0n) is 13.2. The molecule has 22 heavy (non-hydrogen) atoms. The maximum absolute atomic E-state index is 11.1. The van der Waals surface area contributed by atoms with Gasteiger partial charge in [-0.2, -0.15) is 0 Å². The highest BCUT2D eigenvalue weighted by atomic mass is 16.5. The van der Waals surface area contributed by atoms with E-state index in [4.69, 9.17) is 4.52 Å². The Morgan fingerprint density at radius 3 is 2.68 bits per heavy atom. The van der Waals surface area contributed by atoms with Crippen molar-refractivity contribution in [1.82, 2.24) is 5.16 Å². The SMILES string of the molecule is CC(=O)Nc1ccc(C2CCc3c(noc3N(C)C)C2)cc1. The van der Waals surface area contributed by atoms with Gasteiger partial charge in [0.15, 0.2) is 0 Å². The molecule has 1 aliphatic rings. The van der Waals surface area contributed by atoms with Crippen molar-refractivity contribution >= 4 is 17.5 Å². The first kappa shape index (κ1) is 14.6. The third-order valence-corrected chi connectivity index (χ3v) is 4.14. The smallest absolute Gasteiger partial charge is 0.230 e. The fourth-order valence-corrected chi connectivity index (χ4v) is 3.08. The van der Waals surface area contributed by atoms with Gasteiger partial charge in [0.05, 0.1) is 5.69 Å². The highest BCUT2D eigenvalue weighted by Gasteiger charge is 2.27. The highest BCUT2D eigenvalue weighted by Crippen LogP contribution is 2.36. The number of carbonyl (C=O) groups excluding carboxylic acids is 1. The van der Waals surface area contributed by atoms with Crippen molar-refractivity contribution in [3.05, 3.63) is 41.1 Å². The van der Waals surface area contributed by atoms with Crippen LogP contribution in [0.15, 0.2) is 28.8 Å². The Kier molecular flexibility index (Phi) is 3.88. The van der Waals surface area contributed by atoms with Gasteiger partial charge in [0.2, 0.25) is 11.8 Å². The van der Waals surface area contributed by atoms with E-state index in [0.717, 1.165) is 36.5 Å². The Balaban J connectivity index is 1.75. The van der Waals surface area contributed by atoms with Crippen molar-refractivity contribution in [1.29, 1.82) is 0 Å². The van der Waals surface area contributed by atoms with E-state index in [1.807, 2.05) is 31.1 Å². The second-order valence-electron chi connectivity index (χ2n) is 6.05. The monoisotopic (exact) mass is 299 g/mol. The highest BCUT2D eigenvalue weighted by molar-refractivity contribution is 5.88. The molecule has 0 spiro atoms. The molecule has 3 rings (SSSR count). The number of nitrogens with zero attached hydrogens (tertiary/aromatic N) is 2. The van der Waals surface area contributed by atoms with Gasteiger partial charge in [-0.3, -0.25) is 4.79 Å². The Morgan fingerprint density at radius 1 is 1.32 bits per heavy atom. The molecule has 5 heteroatoms. The predicted molar refractivity (Wildman–Crippen MR) is 86.3 cm³/mol. The molecule has 5 nitrogen and oxygen atoms in total. The van der Waals surface area contributed by atoms with Crippen molar-refractivity contribution in [3.8, 4) is 0 Å². The Labute approximate surface area is 130 Å². The summed E-state index contributed by atoms with van der Waals surface area (Å²) in [4.78, 5) is 13.0. The second kappa shape index (κ2) is 5.83. The predicted octanol–water partition coefficient (Wildman–Crippen LogP) is 2.97. The van der Waals surface area contributed by atoms with Crippen LogP contribution in [0.1, 0.15) is 36.1 Å². The first-order valence-corrected chi connectivity index (χ1v) is 7.57. The van der Waals surface area contributed by atoms with Crippen LogP contribution in [0.25, 0.3) is 0 Å². The summed E-state index contributed by atoms with van der Waals surface area (Å²) in [6.45, 7) is 1.52. The number of nitrogens with one attached hydrogen (secondary N) is 1. The molecule has 0 fully saturated rings. The van der Waals surface area contributed by atoms with E-state index >= 15 is 0 Å². The Morgan fingerprint density at radius 2 is 2.05 bits per heavy atom. The molecule has 0 aliphatic heterocycles. The topological polar surface area (TPSA) is 58.4 Å². The van der Waals surface area contributed by atoms with Crippen LogP contribution in [0.2, 0.25) is 0 Å². The molecular formula is C17H21N3O2. The van der Waals surface area contributed by atoms with E-state index in [2.05, 4.69) is 22.6 Å². The van der Waals surface area contributed by atoms with Crippen molar-refractivity contribution in [2.24, 2.45) is 0 Å². The number of carbonyl (C=O) groups is 1. The second-order valence-corrected chi connectivity index (χ2v) is 6.05. The molecule has 1 aromatic heterocycles. The van der Waals surface area contributed by atoms with Gasteiger partial charge in [0.25, 0.3) is 0 Å². The average Bonchev–Trinajstić information content (AvgIpc) is 2.90. The minimum atomic E-state index is -0.0473. The molecule has 0 bridgehead atoms. The van der Waals surface area contributed by atoms with E-state index in [9.17, 15) is 4.79 Å². The Bertz CT molecular complexity index is 674. The molecule has 0 saturated heterocycles. The summed E-state index contributed by atoms with van der Waals surface area (Å²) >= 11 is 0. The molecule has 0 radical (unpaired) electrons. The minimum absolute atomic E-state index is 0.0473. The number of anilines is 2. The summed E-state index contributed by atoms with van der Waals surface area (Å²) in [5.41, 5.74) is 4.44. The number of amides is 1. The largest absolute Gasteiger partial charge is 0.347 e. The average molecular weight is 299 g/mol. The molecule has 1 heterocycles. The van der Waals surface area contributed by atoms with Gasteiger partial charge in [0, 0.05) is 38.7 Å². The van der Waals surface area contributed by atoms with E-state index in [-0.39, 0.29) is 5.91 Å². The van der Waals surface area contributed by atoms with Crippen molar-refractivity contribution in [2.45, 2.75) is 32.1 Å². The number of rotatable bonds is 3. The zero-order valence-corrected chi connectivity index (χ0v) is 13.2. The summed E-state index contributed by atoms with van der Waals surface area (Å²) in [7, 11) is 3.96. The van der Waals surface area contributed by atoms with Crippen LogP contribution in [-0.4, -0.2) is 25.2 Å². The number of fused-ring (bicyclic) bond motifs is 1. The van der Waals surface area contributed by atoms with Crippen LogP contribution in [-0.2, 0) is 17.6 Å². The zero-order chi connectivity index (χ0) is 15.7. The molecule has 1 unspecified atom stereocenters. The van der Waals surface area contributed by atoms with Crippen LogP contribution < -0.4 is 10.2 Å². The molecule has 1 N–H and O–H groups in total. The molecule has 0 saturated carbocycles. The maximum atomic E-state index is 11.1. The fraction of sp³-hybridized carbons (Fsp3) is 0.412. The summed E-state index contributed by atoms with van der Waals surface area (Å²) in [6, 6.07) is 8.10. The lowest BCUT2D eigenvalue weighted by Gasteiger charge is -2.22. The summed E-state index contributed by atoms with van der Waals surface area (Å²) < 4.78 is 5.45. The van der Waals surface area contributed by atoms with Crippen LogP contribution in [0.4, 0.5) is 11.6 Å². The maximum Gasteiger partial charge on any atom is 0.230 e. The number of hydrogen-bond acceptors (Lipinski definition) is 4. The molecule has 1 aliphatic carbocycles.